The largest absolute Gasteiger partial charge is 0.319 e. The van der Waals surface area contributed by atoms with Crippen LogP contribution in [-0.4, -0.2) is 13.6 Å². The van der Waals surface area contributed by atoms with Gasteiger partial charge in [-0.05, 0) is 25.2 Å². The first kappa shape index (κ1) is 11.0. The van der Waals surface area contributed by atoms with Crippen LogP contribution in [0.25, 0.3) is 0 Å². The van der Waals surface area contributed by atoms with Crippen LogP contribution in [0.4, 0.5) is 4.39 Å². The third kappa shape index (κ3) is 3.37. The zero-order valence-electron chi connectivity index (χ0n) is 7.90. The maximum Gasteiger partial charge on any atom is 0.124 e. The molecular formula is C11H11ClFN. The van der Waals surface area contributed by atoms with E-state index in [1.54, 1.807) is 6.07 Å². The van der Waals surface area contributed by atoms with Crippen molar-refractivity contribution in [3.8, 4) is 11.8 Å². The molecule has 0 aliphatic carbocycles. The maximum absolute atomic E-state index is 12.6. The molecule has 0 aliphatic rings. The first-order valence-electron chi connectivity index (χ1n) is 4.32. The van der Waals surface area contributed by atoms with E-state index in [4.69, 9.17) is 11.6 Å². The molecule has 0 amide bonds. The fraction of sp³-hybridized carbons (Fsp3) is 0.273. The second kappa shape index (κ2) is 5.64. The van der Waals surface area contributed by atoms with E-state index in [1.807, 2.05) is 7.05 Å². The molecule has 0 aromatic heterocycles. The van der Waals surface area contributed by atoms with E-state index in [9.17, 15) is 4.39 Å². The fourth-order valence-corrected chi connectivity index (χ4v) is 1.15. The van der Waals surface area contributed by atoms with E-state index in [0.717, 1.165) is 13.0 Å². The Bertz CT molecular complexity index is 365. The van der Waals surface area contributed by atoms with Crippen LogP contribution < -0.4 is 5.32 Å². The van der Waals surface area contributed by atoms with Crippen LogP contribution in [0.2, 0.25) is 5.02 Å². The zero-order valence-corrected chi connectivity index (χ0v) is 8.66. The second-order valence-electron chi connectivity index (χ2n) is 2.78. The molecule has 1 N–H and O–H groups in total. The van der Waals surface area contributed by atoms with Crippen molar-refractivity contribution in [3.63, 3.8) is 0 Å². The van der Waals surface area contributed by atoms with E-state index >= 15 is 0 Å². The van der Waals surface area contributed by atoms with Gasteiger partial charge >= 0.3 is 0 Å². The molecule has 0 saturated carbocycles. The minimum absolute atomic E-state index is 0.337. The third-order valence-electron chi connectivity index (χ3n) is 1.65. The molecule has 1 aromatic carbocycles. The van der Waals surface area contributed by atoms with Gasteiger partial charge in [0.25, 0.3) is 0 Å². The molecule has 0 heterocycles. The molecule has 0 fully saturated rings. The van der Waals surface area contributed by atoms with Gasteiger partial charge in [-0.3, -0.25) is 0 Å². The summed E-state index contributed by atoms with van der Waals surface area (Å²) >= 11 is 5.78. The molecule has 1 aromatic rings. The average Bonchev–Trinajstić information content (AvgIpc) is 2.15. The molecule has 3 heteroatoms. The van der Waals surface area contributed by atoms with Crippen molar-refractivity contribution >= 4 is 11.6 Å². The Morgan fingerprint density at radius 2 is 2.29 bits per heavy atom. The van der Waals surface area contributed by atoms with Crippen molar-refractivity contribution in [1.29, 1.82) is 0 Å². The van der Waals surface area contributed by atoms with Crippen LogP contribution in [-0.2, 0) is 0 Å². The van der Waals surface area contributed by atoms with E-state index in [0.29, 0.717) is 10.6 Å². The smallest absolute Gasteiger partial charge is 0.124 e. The van der Waals surface area contributed by atoms with Gasteiger partial charge in [-0.15, -0.1) is 0 Å². The molecule has 74 valence electrons. The molecule has 0 radical (unpaired) electrons. The van der Waals surface area contributed by atoms with Crippen LogP contribution in [0.15, 0.2) is 18.2 Å². The summed E-state index contributed by atoms with van der Waals surface area (Å²) in [5.41, 5.74) is 0.671. The quantitative estimate of drug-likeness (QED) is 0.585. The molecule has 0 unspecified atom stereocenters. The predicted octanol–water partition coefficient (Wildman–Crippen LogP) is 2.44. The van der Waals surface area contributed by atoms with Gasteiger partial charge in [0.05, 0.1) is 5.02 Å². The molecule has 14 heavy (non-hydrogen) atoms. The maximum atomic E-state index is 12.6. The van der Waals surface area contributed by atoms with Crippen LogP contribution in [0.1, 0.15) is 12.0 Å². The Hall–Kier alpha value is -1.04. The van der Waals surface area contributed by atoms with E-state index in [-0.39, 0.29) is 5.82 Å². The van der Waals surface area contributed by atoms with Gasteiger partial charge in [-0.2, -0.15) is 0 Å². The van der Waals surface area contributed by atoms with Crippen molar-refractivity contribution in [2.24, 2.45) is 0 Å². The lowest BCUT2D eigenvalue weighted by atomic mass is 10.2. The number of rotatable bonds is 2. The SMILES string of the molecule is CNCCC#Cc1ccc(F)cc1Cl. The zero-order chi connectivity index (χ0) is 10.4. The van der Waals surface area contributed by atoms with Crippen molar-refractivity contribution in [2.45, 2.75) is 6.42 Å². The molecule has 1 rings (SSSR count). The summed E-state index contributed by atoms with van der Waals surface area (Å²) in [6.45, 7) is 0.839. The predicted molar refractivity (Wildman–Crippen MR) is 56.8 cm³/mol. The Balaban J connectivity index is 2.70. The van der Waals surface area contributed by atoms with Gasteiger partial charge in [0.2, 0.25) is 0 Å². The topological polar surface area (TPSA) is 12.0 Å². The summed E-state index contributed by atoms with van der Waals surface area (Å²) in [6.07, 6.45) is 0.754. The van der Waals surface area contributed by atoms with Crippen LogP contribution in [0.5, 0.6) is 0 Å². The summed E-state index contributed by atoms with van der Waals surface area (Å²) in [5.74, 6) is 5.49. The first-order chi connectivity index (χ1) is 6.74. The lowest BCUT2D eigenvalue weighted by molar-refractivity contribution is 0.628. The second-order valence-corrected chi connectivity index (χ2v) is 3.19. The molecular weight excluding hydrogens is 201 g/mol. The highest BCUT2D eigenvalue weighted by molar-refractivity contribution is 6.31. The minimum Gasteiger partial charge on any atom is -0.319 e. The lowest BCUT2D eigenvalue weighted by Crippen LogP contribution is -2.05. The lowest BCUT2D eigenvalue weighted by Gasteiger charge is -1.94. The minimum atomic E-state index is -0.337. The molecule has 0 atom stereocenters. The fourth-order valence-electron chi connectivity index (χ4n) is 0.936. The standard InChI is InChI=1S/C11H11ClFN/c1-14-7-3-2-4-9-5-6-10(13)8-11(9)12/h5-6,8,14H,3,7H2,1H3. The van der Waals surface area contributed by atoms with E-state index < -0.39 is 0 Å². The number of halogens is 2. The van der Waals surface area contributed by atoms with Gasteiger partial charge in [0.15, 0.2) is 0 Å². The average molecular weight is 212 g/mol. The highest BCUT2D eigenvalue weighted by Crippen LogP contribution is 2.15. The summed E-state index contributed by atoms with van der Waals surface area (Å²) in [6, 6.07) is 4.21. The number of nitrogens with one attached hydrogen (secondary N) is 1. The van der Waals surface area contributed by atoms with Crippen LogP contribution in [0.3, 0.4) is 0 Å². The summed E-state index contributed by atoms with van der Waals surface area (Å²) in [5, 5.41) is 3.35. The van der Waals surface area contributed by atoms with Gasteiger partial charge in [0, 0.05) is 18.5 Å². The highest BCUT2D eigenvalue weighted by atomic mass is 35.5. The number of hydrogen-bond acceptors (Lipinski definition) is 1. The third-order valence-corrected chi connectivity index (χ3v) is 1.97. The van der Waals surface area contributed by atoms with Crippen LogP contribution >= 0.6 is 11.6 Å². The molecule has 0 aliphatic heterocycles. The van der Waals surface area contributed by atoms with Crippen molar-refractivity contribution < 1.29 is 4.39 Å². The summed E-state index contributed by atoms with van der Waals surface area (Å²) in [4.78, 5) is 0. The molecule has 0 spiro atoms. The summed E-state index contributed by atoms with van der Waals surface area (Å²) in [7, 11) is 1.87. The monoisotopic (exact) mass is 211 g/mol. The number of benzene rings is 1. The molecule has 0 bridgehead atoms. The van der Waals surface area contributed by atoms with Gasteiger partial charge in [-0.1, -0.05) is 23.4 Å². The van der Waals surface area contributed by atoms with Gasteiger partial charge in [-0.25, -0.2) is 4.39 Å². The normalized spacial score (nSPS) is 9.36. The molecule has 1 nitrogen and oxygen atoms in total. The Morgan fingerprint density at radius 1 is 1.50 bits per heavy atom. The van der Waals surface area contributed by atoms with Gasteiger partial charge in [0.1, 0.15) is 5.82 Å². The van der Waals surface area contributed by atoms with E-state index in [1.165, 1.54) is 12.1 Å². The Labute approximate surface area is 88.3 Å². The van der Waals surface area contributed by atoms with Crippen molar-refractivity contribution in [1.82, 2.24) is 5.32 Å². The molecule has 0 saturated heterocycles. The summed E-state index contributed by atoms with van der Waals surface area (Å²) < 4.78 is 12.6. The first-order valence-corrected chi connectivity index (χ1v) is 4.70. The van der Waals surface area contributed by atoms with E-state index in [2.05, 4.69) is 17.2 Å². The Morgan fingerprint density at radius 3 is 2.93 bits per heavy atom. The van der Waals surface area contributed by atoms with Crippen LogP contribution in [0, 0.1) is 17.7 Å². The van der Waals surface area contributed by atoms with Crippen molar-refractivity contribution in [3.05, 3.63) is 34.6 Å². The van der Waals surface area contributed by atoms with Crippen molar-refractivity contribution in [2.75, 3.05) is 13.6 Å². The Kier molecular flexibility index (Phi) is 4.45. The van der Waals surface area contributed by atoms with Gasteiger partial charge < -0.3 is 5.32 Å². The highest BCUT2D eigenvalue weighted by Gasteiger charge is 1.97. The number of hydrogen-bond donors (Lipinski definition) is 1.